The van der Waals surface area contributed by atoms with Crippen molar-refractivity contribution in [3.63, 3.8) is 0 Å². The molecule has 1 N–H and O–H groups in total. The number of ether oxygens (including phenoxy) is 1. The van der Waals surface area contributed by atoms with Crippen LogP contribution < -0.4 is 9.46 Å². The second-order valence-corrected chi connectivity index (χ2v) is 7.55. The standard InChI is InChI=1S/C18H13ClN2O4S/c1-24-16-9-12-11-5-2-3-6-14(11)25-15(12)10-13(16)21-26(22,23)17-7-4-8-20-18(17)19/h2-10,21H,1H3. The zero-order chi connectivity index (χ0) is 18.3. The fourth-order valence-electron chi connectivity index (χ4n) is 2.77. The molecule has 2 aromatic carbocycles. The maximum atomic E-state index is 12.7. The van der Waals surface area contributed by atoms with E-state index in [1.165, 1.54) is 25.4 Å². The molecular formula is C18H13ClN2O4S. The van der Waals surface area contributed by atoms with Gasteiger partial charge in [0.25, 0.3) is 10.0 Å². The van der Waals surface area contributed by atoms with Gasteiger partial charge in [-0.2, -0.15) is 0 Å². The van der Waals surface area contributed by atoms with Crippen molar-refractivity contribution in [2.45, 2.75) is 4.90 Å². The van der Waals surface area contributed by atoms with E-state index in [0.717, 1.165) is 10.8 Å². The summed E-state index contributed by atoms with van der Waals surface area (Å²) in [5.41, 5.74) is 1.50. The molecule has 26 heavy (non-hydrogen) atoms. The van der Waals surface area contributed by atoms with Gasteiger partial charge in [-0.05, 0) is 24.3 Å². The number of benzene rings is 2. The van der Waals surface area contributed by atoms with E-state index < -0.39 is 10.0 Å². The van der Waals surface area contributed by atoms with Crippen LogP contribution in [0.1, 0.15) is 0 Å². The summed E-state index contributed by atoms with van der Waals surface area (Å²) >= 11 is 5.92. The number of pyridine rings is 1. The van der Waals surface area contributed by atoms with Crippen LogP contribution in [0.2, 0.25) is 5.15 Å². The number of furan rings is 1. The zero-order valence-corrected chi connectivity index (χ0v) is 15.1. The predicted molar refractivity (Wildman–Crippen MR) is 100 cm³/mol. The van der Waals surface area contributed by atoms with Crippen LogP contribution in [0.15, 0.2) is 64.0 Å². The monoisotopic (exact) mass is 388 g/mol. The highest BCUT2D eigenvalue weighted by Gasteiger charge is 2.21. The van der Waals surface area contributed by atoms with Gasteiger partial charge in [0.05, 0.1) is 12.8 Å². The first kappa shape index (κ1) is 16.7. The highest BCUT2D eigenvalue weighted by molar-refractivity contribution is 7.92. The summed E-state index contributed by atoms with van der Waals surface area (Å²) in [7, 11) is -2.47. The molecule has 0 bridgehead atoms. The van der Waals surface area contributed by atoms with Gasteiger partial charge in [-0.3, -0.25) is 4.72 Å². The Balaban J connectivity index is 1.86. The third-order valence-electron chi connectivity index (χ3n) is 3.96. The van der Waals surface area contributed by atoms with Crippen molar-refractivity contribution < 1.29 is 17.6 Å². The molecule has 4 rings (SSSR count). The van der Waals surface area contributed by atoms with Crippen molar-refractivity contribution >= 4 is 49.3 Å². The Labute approximate surface area is 154 Å². The molecule has 0 aliphatic heterocycles. The molecule has 0 amide bonds. The van der Waals surface area contributed by atoms with E-state index in [4.69, 9.17) is 20.8 Å². The maximum Gasteiger partial charge on any atom is 0.265 e. The van der Waals surface area contributed by atoms with Crippen LogP contribution in [0.3, 0.4) is 0 Å². The fraction of sp³-hybridized carbons (Fsp3) is 0.0556. The van der Waals surface area contributed by atoms with Crippen LogP contribution in [-0.4, -0.2) is 20.5 Å². The molecule has 0 aliphatic rings. The van der Waals surface area contributed by atoms with Crippen molar-refractivity contribution in [2.75, 3.05) is 11.8 Å². The summed E-state index contributed by atoms with van der Waals surface area (Å²) in [6.45, 7) is 0. The zero-order valence-electron chi connectivity index (χ0n) is 13.6. The Morgan fingerprint density at radius 1 is 1.08 bits per heavy atom. The average molecular weight is 389 g/mol. The molecule has 8 heteroatoms. The molecule has 0 saturated heterocycles. The van der Waals surface area contributed by atoms with Crippen molar-refractivity contribution in [1.82, 2.24) is 4.98 Å². The minimum Gasteiger partial charge on any atom is -0.495 e. The first-order chi connectivity index (χ1) is 12.5. The average Bonchev–Trinajstić information content (AvgIpc) is 2.98. The van der Waals surface area contributed by atoms with Gasteiger partial charge in [-0.25, -0.2) is 13.4 Å². The van der Waals surface area contributed by atoms with Gasteiger partial charge in [-0.1, -0.05) is 29.8 Å². The normalized spacial score (nSPS) is 11.8. The van der Waals surface area contributed by atoms with Gasteiger partial charge in [0.2, 0.25) is 0 Å². The molecule has 0 spiro atoms. The summed E-state index contributed by atoms with van der Waals surface area (Å²) in [6, 6.07) is 13.8. The number of aromatic nitrogens is 1. The Kier molecular flexibility index (Phi) is 3.97. The molecule has 0 aliphatic carbocycles. The highest BCUT2D eigenvalue weighted by atomic mass is 35.5. The van der Waals surface area contributed by atoms with E-state index in [2.05, 4.69) is 9.71 Å². The second kappa shape index (κ2) is 6.19. The summed E-state index contributed by atoms with van der Waals surface area (Å²) in [6.07, 6.45) is 1.42. The van der Waals surface area contributed by atoms with Crippen molar-refractivity contribution in [3.05, 3.63) is 59.9 Å². The van der Waals surface area contributed by atoms with E-state index in [1.54, 1.807) is 12.1 Å². The summed E-state index contributed by atoms with van der Waals surface area (Å²) in [4.78, 5) is 3.69. The van der Waals surface area contributed by atoms with Crippen LogP contribution in [0, 0.1) is 0 Å². The van der Waals surface area contributed by atoms with Crippen molar-refractivity contribution in [1.29, 1.82) is 0 Å². The molecule has 0 radical (unpaired) electrons. The minimum atomic E-state index is -3.94. The molecular weight excluding hydrogens is 376 g/mol. The number of nitrogens with one attached hydrogen (secondary N) is 1. The maximum absolute atomic E-state index is 12.7. The van der Waals surface area contributed by atoms with Gasteiger partial charge < -0.3 is 9.15 Å². The van der Waals surface area contributed by atoms with Crippen LogP contribution in [0.5, 0.6) is 5.75 Å². The van der Waals surface area contributed by atoms with E-state index in [9.17, 15) is 8.42 Å². The SMILES string of the molecule is COc1cc2c(cc1NS(=O)(=O)c1cccnc1Cl)oc1ccccc12. The molecule has 0 atom stereocenters. The number of anilines is 1. The number of halogens is 1. The predicted octanol–water partition coefficient (Wildman–Crippen LogP) is 4.44. The number of hydrogen-bond acceptors (Lipinski definition) is 5. The Morgan fingerprint density at radius 3 is 2.65 bits per heavy atom. The first-order valence-corrected chi connectivity index (χ1v) is 9.48. The van der Waals surface area contributed by atoms with E-state index in [0.29, 0.717) is 16.9 Å². The number of sulfonamides is 1. The summed E-state index contributed by atoms with van der Waals surface area (Å²) < 4.78 is 39.0. The first-order valence-electron chi connectivity index (χ1n) is 7.62. The van der Waals surface area contributed by atoms with Gasteiger partial charge in [0.15, 0.2) is 0 Å². The number of rotatable bonds is 4. The molecule has 6 nitrogen and oxygen atoms in total. The molecule has 0 saturated carbocycles. The smallest absolute Gasteiger partial charge is 0.265 e. The van der Waals surface area contributed by atoms with Crippen molar-refractivity contribution in [2.24, 2.45) is 0 Å². The lowest BCUT2D eigenvalue weighted by atomic mass is 10.1. The molecule has 4 aromatic rings. The topological polar surface area (TPSA) is 81.4 Å². The van der Waals surface area contributed by atoms with Gasteiger partial charge >= 0.3 is 0 Å². The highest BCUT2D eigenvalue weighted by Crippen LogP contribution is 2.37. The van der Waals surface area contributed by atoms with E-state index in [-0.39, 0.29) is 15.7 Å². The number of para-hydroxylation sites is 1. The lowest BCUT2D eigenvalue weighted by Gasteiger charge is -2.12. The Bertz CT molecular complexity index is 1230. The third-order valence-corrected chi connectivity index (χ3v) is 5.77. The van der Waals surface area contributed by atoms with Crippen molar-refractivity contribution in [3.8, 4) is 5.75 Å². The Morgan fingerprint density at radius 2 is 1.88 bits per heavy atom. The van der Waals surface area contributed by atoms with E-state index in [1.807, 2.05) is 24.3 Å². The van der Waals surface area contributed by atoms with Crippen LogP contribution in [0.4, 0.5) is 5.69 Å². The molecule has 0 fully saturated rings. The van der Waals surface area contributed by atoms with Crippen LogP contribution in [-0.2, 0) is 10.0 Å². The largest absolute Gasteiger partial charge is 0.495 e. The second-order valence-electron chi connectivity index (χ2n) is 5.54. The van der Waals surface area contributed by atoms with Gasteiger partial charge in [0.1, 0.15) is 27.0 Å². The third kappa shape index (κ3) is 2.75. The Hall–Kier alpha value is -2.77. The lowest BCUT2D eigenvalue weighted by Crippen LogP contribution is -2.14. The number of hydrogen-bond donors (Lipinski definition) is 1. The molecule has 0 unspecified atom stereocenters. The number of methoxy groups -OCH3 is 1. The van der Waals surface area contributed by atoms with Crippen LogP contribution in [0.25, 0.3) is 21.9 Å². The lowest BCUT2D eigenvalue weighted by molar-refractivity contribution is 0.417. The molecule has 132 valence electrons. The minimum absolute atomic E-state index is 0.108. The fourth-order valence-corrected chi connectivity index (χ4v) is 4.29. The number of nitrogens with zero attached hydrogens (tertiary/aromatic N) is 1. The summed E-state index contributed by atoms with van der Waals surface area (Å²) in [5, 5.41) is 1.65. The quantitative estimate of drug-likeness (QED) is 0.522. The van der Waals surface area contributed by atoms with Gasteiger partial charge in [0, 0.05) is 23.0 Å². The van der Waals surface area contributed by atoms with Gasteiger partial charge in [-0.15, -0.1) is 0 Å². The van der Waals surface area contributed by atoms with Crippen LogP contribution >= 0.6 is 11.6 Å². The molecule has 2 aromatic heterocycles. The summed E-state index contributed by atoms with van der Waals surface area (Å²) in [5.74, 6) is 0.368. The van der Waals surface area contributed by atoms with E-state index >= 15 is 0 Å². The molecule has 2 heterocycles. The number of fused-ring (bicyclic) bond motifs is 3.